The van der Waals surface area contributed by atoms with E-state index in [1.807, 2.05) is 31.2 Å². The lowest BCUT2D eigenvalue weighted by atomic mass is 9.96. The first-order valence-corrected chi connectivity index (χ1v) is 6.41. The van der Waals surface area contributed by atoms with Crippen molar-refractivity contribution in [2.45, 2.75) is 38.3 Å². The number of benzene rings is 1. The van der Waals surface area contributed by atoms with Gasteiger partial charge in [-0.05, 0) is 43.9 Å². The van der Waals surface area contributed by atoms with E-state index in [0.29, 0.717) is 6.61 Å². The zero-order valence-electron chi connectivity index (χ0n) is 10.4. The molecule has 2 unspecified atom stereocenters. The fourth-order valence-corrected chi connectivity index (χ4v) is 2.24. The maximum Gasteiger partial charge on any atom is 0.119 e. The number of rotatable bonds is 4. The molecule has 1 fully saturated rings. The van der Waals surface area contributed by atoms with Crippen LogP contribution in [0.4, 0.5) is 0 Å². The second-order valence-corrected chi connectivity index (χ2v) is 4.44. The van der Waals surface area contributed by atoms with Gasteiger partial charge < -0.3 is 15.2 Å². The van der Waals surface area contributed by atoms with Gasteiger partial charge in [0.15, 0.2) is 0 Å². The standard InChI is InChI=1S/C14H21NO2/c1-2-16-12-7-5-6-11(10-12)14(15)13-8-3-4-9-17-13/h5-7,10,13-14H,2-4,8-9,15H2,1H3. The predicted molar refractivity (Wildman–Crippen MR) is 68.1 cm³/mol. The Morgan fingerprint density at radius 3 is 3.06 bits per heavy atom. The molecule has 94 valence electrons. The van der Waals surface area contributed by atoms with Gasteiger partial charge in [0.25, 0.3) is 0 Å². The molecule has 3 heteroatoms. The molecule has 0 amide bonds. The SMILES string of the molecule is CCOc1cccc(C(N)C2CCCCO2)c1. The fraction of sp³-hybridized carbons (Fsp3) is 0.571. The largest absolute Gasteiger partial charge is 0.494 e. The Bertz CT molecular complexity index is 348. The Kier molecular flexibility index (Phi) is 4.40. The molecule has 0 spiro atoms. The van der Waals surface area contributed by atoms with Gasteiger partial charge in [0.05, 0.1) is 18.8 Å². The molecule has 0 aromatic heterocycles. The van der Waals surface area contributed by atoms with Crippen LogP contribution < -0.4 is 10.5 Å². The maximum absolute atomic E-state index is 6.25. The number of hydrogen-bond donors (Lipinski definition) is 1. The highest BCUT2D eigenvalue weighted by Gasteiger charge is 2.22. The van der Waals surface area contributed by atoms with Crippen molar-refractivity contribution in [1.82, 2.24) is 0 Å². The highest BCUT2D eigenvalue weighted by molar-refractivity contribution is 5.31. The van der Waals surface area contributed by atoms with Gasteiger partial charge in [0.2, 0.25) is 0 Å². The number of hydrogen-bond acceptors (Lipinski definition) is 3. The first-order valence-electron chi connectivity index (χ1n) is 6.41. The first-order chi connectivity index (χ1) is 8.31. The summed E-state index contributed by atoms with van der Waals surface area (Å²) in [7, 11) is 0. The van der Waals surface area contributed by atoms with Crippen LogP contribution in [0.3, 0.4) is 0 Å². The summed E-state index contributed by atoms with van der Waals surface area (Å²) in [5.74, 6) is 0.885. The summed E-state index contributed by atoms with van der Waals surface area (Å²) in [5, 5.41) is 0. The van der Waals surface area contributed by atoms with Crippen LogP contribution in [-0.4, -0.2) is 19.3 Å². The van der Waals surface area contributed by atoms with Gasteiger partial charge in [0.1, 0.15) is 5.75 Å². The molecule has 0 radical (unpaired) electrons. The molecule has 2 atom stereocenters. The van der Waals surface area contributed by atoms with Crippen molar-refractivity contribution in [3.8, 4) is 5.75 Å². The van der Waals surface area contributed by atoms with E-state index in [9.17, 15) is 0 Å². The third kappa shape index (κ3) is 3.20. The minimum atomic E-state index is -0.0456. The lowest BCUT2D eigenvalue weighted by molar-refractivity contribution is -0.0000175. The van der Waals surface area contributed by atoms with E-state index < -0.39 is 0 Å². The third-order valence-corrected chi connectivity index (χ3v) is 3.17. The Labute approximate surface area is 103 Å². The summed E-state index contributed by atoms with van der Waals surface area (Å²) >= 11 is 0. The molecule has 17 heavy (non-hydrogen) atoms. The van der Waals surface area contributed by atoms with E-state index in [4.69, 9.17) is 15.2 Å². The monoisotopic (exact) mass is 235 g/mol. The van der Waals surface area contributed by atoms with E-state index >= 15 is 0 Å². The minimum Gasteiger partial charge on any atom is -0.494 e. The Morgan fingerprint density at radius 1 is 1.47 bits per heavy atom. The molecule has 1 aliphatic rings. The summed E-state index contributed by atoms with van der Waals surface area (Å²) in [4.78, 5) is 0. The van der Waals surface area contributed by atoms with Crippen molar-refractivity contribution in [3.05, 3.63) is 29.8 Å². The van der Waals surface area contributed by atoms with Crippen molar-refractivity contribution >= 4 is 0 Å². The Balaban J connectivity index is 2.06. The van der Waals surface area contributed by atoms with Gasteiger partial charge in [0, 0.05) is 6.61 Å². The van der Waals surface area contributed by atoms with Gasteiger partial charge in [-0.1, -0.05) is 12.1 Å². The van der Waals surface area contributed by atoms with Crippen molar-refractivity contribution in [2.75, 3.05) is 13.2 Å². The highest BCUT2D eigenvalue weighted by Crippen LogP contribution is 2.26. The van der Waals surface area contributed by atoms with Gasteiger partial charge in [-0.3, -0.25) is 0 Å². The van der Waals surface area contributed by atoms with Crippen molar-refractivity contribution < 1.29 is 9.47 Å². The predicted octanol–water partition coefficient (Wildman–Crippen LogP) is 2.65. The second-order valence-electron chi connectivity index (χ2n) is 4.44. The lowest BCUT2D eigenvalue weighted by Crippen LogP contribution is -2.31. The normalized spacial score (nSPS) is 22.1. The van der Waals surface area contributed by atoms with E-state index in [0.717, 1.165) is 30.8 Å². The molecule has 1 aromatic rings. The van der Waals surface area contributed by atoms with Crippen LogP contribution in [0.5, 0.6) is 5.75 Å². The second kappa shape index (κ2) is 6.03. The van der Waals surface area contributed by atoms with Crippen LogP contribution in [0.2, 0.25) is 0 Å². The summed E-state index contributed by atoms with van der Waals surface area (Å²) in [5.41, 5.74) is 7.35. The van der Waals surface area contributed by atoms with E-state index in [2.05, 4.69) is 0 Å². The summed E-state index contributed by atoms with van der Waals surface area (Å²) in [6, 6.07) is 7.97. The molecular formula is C14H21NO2. The molecule has 3 nitrogen and oxygen atoms in total. The summed E-state index contributed by atoms with van der Waals surface area (Å²) in [6.07, 6.45) is 3.58. The van der Waals surface area contributed by atoms with E-state index in [1.165, 1.54) is 6.42 Å². The van der Waals surface area contributed by atoms with Gasteiger partial charge in [-0.25, -0.2) is 0 Å². The quantitative estimate of drug-likeness (QED) is 0.872. The van der Waals surface area contributed by atoms with E-state index in [-0.39, 0.29) is 12.1 Å². The van der Waals surface area contributed by atoms with Crippen LogP contribution in [-0.2, 0) is 4.74 Å². The molecule has 1 aliphatic heterocycles. The van der Waals surface area contributed by atoms with Gasteiger partial charge in [-0.2, -0.15) is 0 Å². The molecule has 2 rings (SSSR count). The lowest BCUT2D eigenvalue weighted by Gasteiger charge is -2.28. The zero-order valence-corrected chi connectivity index (χ0v) is 10.4. The van der Waals surface area contributed by atoms with Gasteiger partial charge in [-0.15, -0.1) is 0 Å². The number of nitrogens with two attached hydrogens (primary N) is 1. The van der Waals surface area contributed by atoms with E-state index in [1.54, 1.807) is 0 Å². The van der Waals surface area contributed by atoms with Gasteiger partial charge >= 0.3 is 0 Å². The average molecular weight is 235 g/mol. The molecule has 0 aliphatic carbocycles. The number of ether oxygens (including phenoxy) is 2. The molecule has 1 aromatic carbocycles. The highest BCUT2D eigenvalue weighted by atomic mass is 16.5. The Morgan fingerprint density at radius 2 is 2.35 bits per heavy atom. The molecule has 1 saturated heterocycles. The smallest absolute Gasteiger partial charge is 0.119 e. The summed E-state index contributed by atoms with van der Waals surface area (Å²) < 4.78 is 11.2. The fourth-order valence-electron chi connectivity index (χ4n) is 2.24. The van der Waals surface area contributed by atoms with Crippen molar-refractivity contribution in [2.24, 2.45) is 5.73 Å². The molecule has 0 bridgehead atoms. The third-order valence-electron chi connectivity index (χ3n) is 3.17. The first kappa shape index (κ1) is 12.4. The van der Waals surface area contributed by atoms with Crippen molar-refractivity contribution in [3.63, 3.8) is 0 Å². The zero-order chi connectivity index (χ0) is 12.1. The van der Waals surface area contributed by atoms with Crippen LogP contribution in [0.15, 0.2) is 24.3 Å². The Hall–Kier alpha value is -1.06. The van der Waals surface area contributed by atoms with Crippen LogP contribution in [0, 0.1) is 0 Å². The molecular weight excluding hydrogens is 214 g/mol. The molecule has 0 saturated carbocycles. The van der Waals surface area contributed by atoms with Crippen LogP contribution >= 0.6 is 0 Å². The van der Waals surface area contributed by atoms with Crippen molar-refractivity contribution in [1.29, 1.82) is 0 Å². The maximum atomic E-state index is 6.25. The summed E-state index contributed by atoms with van der Waals surface area (Å²) in [6.45, 7) is 3.50. The molecule has 2 N–H and O–H groups in total. The average Bonchev–Trinajstić information content (AvgIpc) is 2.40. The molecule has 1 heterocycles. The van der Waals surface area contributed by atoms with Crippen LogP contribution in [0.25, 0.3) is 0 Å². The topological polar surface area (TPSA) is 44.5 Å². The minimum absolute atomic E-state index is 0.0456. The van der Waals surface area contributed by atoms with Crippen LogP contribution in [0.1, 0.15) is 37.8 Å².